The minimum atomic E-state index is 0.537. The van der Waals surface area contributed by atoms with Gasteiger partial charge in [-0.25, -0.2) is 4.98 Å². The molecule has 0 atom stereocenters. The number of aromatic nitrogens is 1. The molecule has 0 amide bonds. The van der Waals surface area contributed by atoms with E-state index in [1.54, 1.807) is 6.20 Å². The average molecular weight is 263 g/mol. The van der Waals surface area contributed by atoms with Gasteiger partial charge in [0.25, 0.3) is 0 Å². The molecule has 0 saturated heterocycles. The van der Waals surface area contributed by atoms with E-state index in [1.165, 1.54) is 0 Å². The van der Waals surface area contributed by atoms with Gasteiger partial charge in [0.05, 0.1) is 11.9 Å². The number of ether oxygens (including phenoxy) is 1. The van der Waals surface area contributed by atoms with Crippen LogP contribution in [0.25, 0.3) is 0 Å². The van der Waals surface area contributed by atoms with Crippen LogP contribution in [-0.2, 0) is 0 Å². The number of hydrogen-bond acceptors (Lipinski definition) is 3. The van der Waals surface area contributed by atoms with E-state index >= 15 is 0 Å². The van der Waals surface area contributed by atoms with Crippen molar-refractivity contribution < 1.29 is 4.74 Å². The van der Waals surface area contributed by atoms with Gasteiger partial charge in [-0.1, -0.05) is 11.6 Å². The van der Waals surface area contributed by atoms with Crippen LogP contribution in [0.1, 0.15) is 16.7 Å². The third kappa shape index (κ3) is 2.57. The van der Waals surface area contributed by atoms with Gasteiger partial charge in [-0.2, -0.15) is 0 Å². The van der Waals surface area contributed by atoms with Crippen molar-refractivity contribution >= 4 is 17.3 Å². The van der Waals surface area contributed by atoms with E-state index in [0.717, 1.165) is 22.4 Å². The molecule has 0 radical (unpaired) electrons. The standard InChI is InChI=1S/C14H15ClN2O/c1-8-6-13(17-7-12(8)16)18-14-9(2)4-11(15)5-10(14)3/h4-7H,16H2,1-3H3. The smallest absolute Gasteiger partial charge is 0.219 e. The maximum atomic E-state index is 5.98. The van der Waals surface area contributed by atoms with E-state index in [0.29, 0.717) is 16.6 Å². The molecule has 0 unspecified atom stereocenters. The van der Waals surface area contributed by atoms with E-state index in [1.807, 2.05) is 39.0 Å². The summed E-state index contributed by atoms with van der Waals surface area (Å²) in [4.78, 5) is 4.16. The molecule has 1 heterocycles. The molecule has 2 rings (SSSR count). The average Bonchev–Trinajstić information content (AvgIpc) is 2.28. The molecule has 1 aromatic heterocycles. The Bertz CT molecular complexity index is 573. The summed E-state index contributed by atoms with van der Waals surface area (Å²) in [7, 11) is 0. The number of anilines is 1. The highest BCUT2D eigenvalue weighted by Crippen LogP contribution is 2.31. The Labute approximate surface area is 112 Å². The highest BCUT2D eigenvalue weighted by Gasteiger charge is 2.08. The SMILES string of the molecule is Cc1cc(Oc2c(C)cc(Cl)cc2C)ncc1N. The van der Waals surface area contributed by atoms with Crippen LogP contribution in [0, 0.1) is 20.8 Å². The van der Waals surface area contributed by atoms with E-state index in [-0.39, 0.29) is 0 Å². The normalized spacial score (nSPS) is 10.4. The number of benzene rings is 1. The second-order valence-corrected chi connectivity index (χ2v) is 4.79. The molecule has 1 aromatic carbocycles. The third-order valence-electron chi connectivity index (χ3n) is 2.76. The highest BCUT2D eigenvalue weighted by molar-refractivity contribution is 6.30. The van der Waals surface area contributed by atoms with Gasteiger partial charge >= 0.3 is 0 Å². The van der Waals surface area contributed by atoms with Crippen LogP contribution < -0.4 is 10.5 Å². The topological polar surface area (TPSA) is 48.1 Å². The second-order valence-electron chi connectivity index (χ2n) is 4.35. The number of aryl methyl sites for hydroxylation is 3. The molecule has 3 nitrogen and oxygen atoms in total. The van der Waals surface area contributed by atoms with Crippen molar-refractivity contribution in [2.75, 3.05) is 5.73 Å². The first-order valence-electron chi connectivity index (χ1n) is 5.64. The third-order valence-corrected chi connectivity index (χ3v) is 2.98. The van der Waals surface area contributed by atoms with Gasteiger partial charge in [0.1, 0.15) is 5.75 Å². The molecular weight excluding hydrogens is 248 g/mol. The van der Waals surface area contributed by atoms with Crippen molar-refractivity contribution in [1.82, 2.24) is 4.98 Å². The summed E-state index contributed by atoms with van der Waals surface area (Å²) < 4.78 is 5.81. The van der Waals surface area contributed by atoms with Crippen LogP contribution in [-0.4, -0.2) is 4.98 Å². The first-order valence-corrected chi connectivity index (χ1v) is 6.02. The summed E-state index contributed by atoms with van der Waals surface area (Å²) in [6.45, 7) is 5.84. The molecule has 0 aliphatic rings. The minimum absolute atomic E-state index is 0.537. The molecule has 0 saturated carbocycles. The van der Waals surface area contributed by atoms with Crippen LogP contribution in [0.2, 0.25) is 5.02 Å². The molecule has 4 heteroatoms. The van der Waals surface area contributed by atoms with Gasteiger partial charge in [-0.15, -0.1) is 0 Å². The number of halogens is 1. The highest BCUT2D eigenvalue weighted by atomic mass is 35.5. The zero-order valence-corrected chi connectivity index (χ0v) is 11.4. The Morgan fingerprint density at radius 1 is 1.06 bits per heavy atom. The second kappa shape index (κ2) is 4.86. The Hall–Kier alpha value is -1.74. The van der Waals surface area contributed by atoms with Crippen molar-refractivity contribution in [2.45, 2.75) is 20.8 Å². The van der Waals surface area contributed by atoms with Gasteiger partial charge in [0.15, 0.2) is 0 Å². The predicted octanol–water partition coefficient (Wildman–Crippen LogP) is 4.03. The molecule has 0 fully saturated rings. The molecule has 18 heavy (non-hydrogen) atoms. The van der Waals surface area contributed by atoms with Crippen LogP contribution in [0.5, 0.6) is 11.6 Å². The molecule has 0 aliphatic carbocycles. The monoisotopic (exact) mass is 262 g/mol. The molecule has 2 aromatic rings. The quantitative estimate of drug-likeness (QED) is 0.889. The van der Waals surface area contributed by atoms with Gasteiger partial charge in [0, 0.05) is 11.1 Å². The summed E-state index contributed by atoms with van der Waals surface area (Å²) in [5.41, 5.74) is 9.30. The summed E-state index contributed by atoms with van der Waals surface area (Å²) >= 11 is 5.98. The van der Waals surface area contributed by atoms with E-state index in [4.69, 9.17) is 22.1 Å². The predicted molar refractivity (Wildman–Crippen MR) is 74.4 cm³/mol. The number of nitrogen functional groups attached to an aromatic ring is 1. The lowest BCUT2D eigenvalue weighted by Gasteiger charge is -2.12. The lowest BCUT2D eigenvalue weighted by atomic mass is 10.1. The zero-order valence-electron chi connectivity index (χ0n) is 10.6. The Kier molecular flexibility index (Phi) is 3.43. The maximum absolute atomic E-state index is 5.98. The van der Waals surface area contributed by atoms with Crippen molar-refractivity contribution in [3.05, 3.63) is 46.1 Å². The fourth-order valence-corrected chi connectivity index (χ4v) is 2.09. The van der Waals surface area contributed by atoms with Crippen molar-refractivity contribution in [2.24, 2.45) is 0 Å². The minimum Gasteiger partial charge on any atom is -0.438 e. The lowest BCUT2D eigenvalue weighted by Crippen LogP contribution is -1.96. The Balaban J connectivity index is 2.37. The van der Waals surface area contributed by atoms with E-state index < -0.39 is 0 Å². The summed E-state index contributed by atoms with van der Waals surface area (Å²) in [5, 5.41) is 0.707. The zero-order chi connectivity index (χ0) is 13.3. The Morgan fingerprint density at radius 2 is 1.67 bits per heavy atom. The summed E-state index contributed by atoms with van der Waals surface area (Å²) in [6, 6.07) is 5.56. The molecule has 0 aliphatic heterocycles. The summed E-state index contributed by atoms with van der Waals surface area (Å²) in [5.74, 6) is 1.33. The number of rotatable bonds is 2. The number of pyridine rings is 1. The lowest BCUT2D eigenvalue weighted by molar-refractivity contribution is 0.456. The van der Waals surface area contributed by atoms with Crippen molar-refractivity contribution in [1.29, 1.82) is 0 Å². The number of nitrogens with zero attached hydrogens (tertiary/aromatic N) is 1. The molecule has 0 spiro atoms. The molecule has 94 valence electrons. The first-order chi connectivity index (χ1) is 8.47. The fourth-order valence-electron chi connectivity index (χ4n) is 1.76. The number of nitrogens with two attached hydrogens (primary N) is 1. The van der Waals surface area contributed by atoms with Crippen LogP contribution in [0.3, 0.4) is 0 Å². The van der Waals surface area contributed by atoms with Crippen molar-refractivity contribution in [3.8, 4) is 11.6 Å². The van der Waals surface area contributed by atoms with E-state index in [9.17, 15) is 0 Å². The maximum Gasteiger partial charge on any atom is 0.219 e. The van der Waals surface area contributed by atoms with Crippen LogP contribution in [0.15, 0.2) is 24.4 Å². The van der Waals surface area contributed by atoms with E-state index in [2.05, 4.69) is 4.98 Å². The van der Waals surface area contributed by atoms with Gasteiger partial charge in [-0.3, -0.25) is 0 Å². The summed E-state index contributed by atoms with van der Waals surface area (Å²) in [6.07, 6.45) is 1.60. The van der Waals surface area contributed by atoms with Gasteiger partial charge in [0.2, 0.25) is 5.88 Å². The van der Waals surface area contributed by atoms with Gasteiger partial charge in [-0.05, 0) is 49.6 Å². The van der Waals surface area contributed by atoms with Crippen molar-refractivity contribution in [3.63, 3.8) is 0 Å². The first kappa shape index (κ1) is 12.7. The molecule has 0 bridgehead atoms. The van der Waals surface area contributed by atoms with Crippen LogP contribution >= 0.6 is 11.6 Å². The largest absolute Gasteiger partial charge is 0.438 e. The molecular formula is C14H15ClN2O. The number of hydrogen-bond donors (Lipinski definition) is 1. The van der Waals surface area contributed by atoms with Gasteiger partial charge < -0.3 is 10.5 Å². The molecule has 2 N–H and O–H groups in total. The Morgan fingerprint density at radius 3 is 2.22 bits per heavy atom. The fraction of sp³-hybridized carbons (Fsp3) is 0.214. The van der Waals surface area contributed by atoms with Crippen LogP contribution in [0.4, 0.5) is 5.69 Å².